The van der Waals surface area contributed by atoms with E-state index >= 15 is 0 Å². The van der Waals surface area contributed by atoms with E-state index in [1.165, 1.54) is 0 Å². The second-order valence-corrected chi connectivity index (χ2v) is 6.21. The Hall–Kier alpha value is -0.590. The zero-order valence-electron chi connectivity index (χ0n) is 8.69. The van der Waals surface area contributed by atoms with Gasteiger partial charge in [-0.1, -0.05) is 6.07 Å². The van der Waals surface area contributed by atoms with Gasteiger partial charge in [-0.2, -0.15) is 0 Å². The molecular formula is C10H13BrN2O2S. The van der Waals surface area contributed by atoms with E-state index in [0.717, 1.165) is 30.4 Å². The van der Waals surface area contributed by atoms with Crippen LogP contribution in [0.1, 0.15) is 12.8 Å². The predicted molar refractivity (Wildman–Crippen MR) is 67.0 cm³/mol. The Bertz CT molecular complexity index is 496. The second kappa shape index (κ2) is 4.35. The van der Waals surface area contributed by atoms with Gasteiger partial charge in [0.1, 0.15) is 4.90 Å². The summed E-state index contributed by atoms with van der Waals surface area (Å²) in [5.41, 5.74) is 0.697. The Labute approximate surface area is 104 Å². The third-order valence-electron chi connectivity index (χ3n) is 2.68. The Balaban J connectivity index is 2.57. The van der Waals surface area contributed by atoms with Crippen LogP contribution in [0, 0.1) is 0 Å². The normalized spacial score (nSPS) is 16.8. The van der Waals surface area contributed by atoms with Crippen LogP contribution in [0.25, 0.3) is 0 Å². The lowest BCUT2D eigenvalue weighted by molar-refractivity contribution is 0.597. The monoisotopic (exact) mass is 304 g/mol. The van der Waals surface area contributed by atoms with Gasteiger partial charge in [-0.15, -0.1) is 0 Å². The highest BCUT2D eigenvalue weighted by atomic mass is 79.9. The van der Waals surface area contributed by atoms with Crippen LogP contribution in [-0.2, 0) is 10.0 Å². The first kappa shape index (κ1) is 11.9. The van der Waals surface area contributed by atoms with Gasteiger partial charge in [0, 0.05) is 17.6 Å². The van der Waals surface area contributed by atoms with Crippen LogP contribution in [0.2, 0.25) is 0 Å². The molecule has 1 saturated heterocycles. The van der Waals surface area contributed by atoms with Crippen LogP contribution in [0.4, 0.5) is 5.69 Å². The molecule has 0 saturated carbocycles. The summed E-state index contributed by atoms with van der Waals surface area (Å²) in [4.78, 5) is 2.26. The minimum Gasteiger partial charge on any atom is -0.370 e. The van der Waals surface area contributed by atoms with Crippen molar-refractivity contribution >= 4 is 31.6 Å². The summed E-state index contributed by atoms with van der Waals surface area (Å²) in [5, 5.41) is 5.22. The molecule has 0 amide bonds. The van der Waals surface area contributed by atoms with E-state index in [1.807, 2.05) is 6.07 Å². The fourth-order valence-corrected chi connectivity index (χ4v) is 3.50. The molecule has 4 nitrogen and oxygen atoms in total. The predicted octanol–water partition coefficient (Wildman–Crippen LogP) is 1.70. The van der Waals surface area contributed by atoms with Gasteiger partial charge >= 0.3 is 0 Å². The van der Waals surface area contributed by atoms with Gasteiger partial charge in [-0.3, -0.25) is 0 Å². The van der Waals surface area contributed by atoms with Gasteiger partial charge in [0.25, 0.3) is 0 Å². The standard InChI is InChI=1S/C10H13BrN2O2S/c11-8-4-3-5-9(16(12,14)15)10(8)13-6-1-2-7-13/h3-5H,1-2,6-7H2,(H2,12,14,15). The van der Waals surface area contributed by atoms with Gasteiger partial charge in [0.05, 0.1) is 5.69 Å². The fourth-order valence-electron chi connectivity index (χ4n) is 1.97. The Kier molecular flexibility index (Phi) is 3.23. The number of anilines is 1. The minimum atomic E-state index is -3.67. The molecule has 2 N–H and O–H groups in total. The maximum absolute atomic E-state index is 11.5. The molecule has 1 aromatic carbocycles. The van der Waals surface area contributed by atoms with Crippen LogP contribution < -0.4 is 10.0 Å². The smallest absolute Gasteiger partial charge is 0.240 e. The molecule has 16 heavy (non-hydrogen) atoms. The van der Waals surface area contributed by atoms with Crippen molar-refractivity contribution in [3.63, 3.8) is 0 Å². The average molecular weight is 305 g/mol. The zero-order chi connectivity index (χ0) is 11.8. The lowest BCUT2D eigenvalue weighted by Gasteiger charge is -2.21. The molecule has 0 radical (unpaired) electrons. The van der Waals surface area contributed by atoms with Crippen molar-refractivity contribution in [2.24, 2.45) is 5.14 Å². The first-order valence-electron chi connectivity index (χ1n) is 5.06. The number of rotatable bonds is 2. The summed E-state index contributed by atoms with van der Waals surface area (Å²) in [5.74, 6) is 0. The minimum absolute atomic E-state index is 0.198. The van der Waals surface area contributed by atoms with E-state index in [0.29, 0.717) is 5.69 Å². The molecule has 0 bridgehead atoms. The van der Waals surface area contributed by atoms with Crippen molar-refractivity contribution in [2.45, 2.75) is 17.7 Å². The average Bonchev–Trinajstić information content (AvgIpc) is 2.68. The van der Waals surface area contributed by atoms with E-state index < -0.39 is 10.0 Å². The first-order valence-corrected chi connectivity index (χ1v) is 7.40. The SMILES string of the molecule is NS(=O)(=O)c1cccc(Br)c1N1CCCC1. The molecule has 0 aromatic heterocycles. The number of para-hydroxylation sites is 1. The molecule has 0 spiro atoms. The third kappa shape index (κ3) is 2.23. The fraction of sp³-hybridized carbons (Fsp3) is 0.400. The Morgan fingerprint density at radius 3 is 2.44 bits per heavy atom. The second-order valence-electron chi connectivity index (χ2n) is 3.83. The van der Waals surface area contributed by atoms with E-state index in [1.54, 1.807) is 12.1 Å². The topological polar surface area (TPSA) is 63.4 Å². The Morgan fingerprint density at radius 1 is 1.25 bits per heavy atom. The summed E-state index contributed by atoms with van der Waals surface area (Å²) in [7, 11) is -3.67. The molecule has 1 heterocycles. The van der Waals surface area contributed by atoms with Gasteiger partial charge < -0.3 is 4.90 Å². The van der Waals surface area contributed by atoms with Gasteiger partial charge in [0.15, 0.2) is 0 Å². The molecule has 1 aliphatic rings. The first-order chi connectivity index (χ1) is 7.50. The number of nitrogens with two attached hydrogens (primary N) is 1. The maximum atomic E-state index is 11.5. The summed E-state index contributed by atoms with van der Waals surface area (Å²) >= 11 is 3.39. The molecule has 1 aromatic rings. The highest BCUT2D eigenvalue weighted by Gasteiger charge is 2.23. The van der Waals surface area contributed by atoms with Gasteiger partial charge in [0.2, 0.25) is 10.0 Å². The van der Waals surface area contributed by atoms with E-state index in [9.17, 15) is 8.42 Å². The van der Waals surface area contributed by atoms with Gasteiger partial charge in [-0.05, 0) is 40.9 Å². The van der Waals surface area contributed by atoms with Crippen LogP contribution in [0.15, 0.2) is 27.6 Å². The van der Waals surface area contributed by atoms with Crippen molar-refractivity contribution in [2.75, 3.05) is 18.0 Å². The lowest BCUT2D eigenvalue weighted by atomic mass is 10.3. The van der Waals surface area contributed by atoms with E-state index in [4.69, 9.17) is 5.14 Å². The molecule has 1 aliphatic heterocycles. The molecule has 0 unspecified atom stereocenters. The van der Waals surface area contributed by atoms with Crippen molar-refractivity contribution in [3.05, 3.63) is 22.7 Å². The highest BCUT2D eigenvalue weighted by molar-refractivity contribution is 9.10. The van der Waals surface area contributed by atoms with Crippen LogP contribution in [0.5, 0.6) is 0 Å². The zero-order valence-corrected chi connectivity index (χ0v) is 11.1. The maximum Gasteiger partial charge on any atom is 0.240 e. The number of sulfonamides is 1. The number of nitrogens with zero attached hydrogens (tertiary/aromatic N) is 1. The largest absolute Gasteiger partial charge is 0.370 e. The quantitative estimate of drug-likeness (QED) is 0.904. The third-order valence-corrected chi connectivity index (χ3v) is 4.26. The summed E-state index contributed by atoms with van der Waals surface area (Å²) in [6.07, 6.45) is 2.18. The van der Waals surface area contributed by atoms with E-state index in [-0.39, 0.29) is 4.90 Å². The number of primary sulfonamides is 1. The number of halogens is 1. The molecule has 88 valence electrons. The van der Waals surface area contributed by atoms with Crippen molar-refractivity contribution in [1.82, 2.24) is 0 Å². The molecule has 0 atom stereocenters. The molecule has 2 rings (SSSR count). The number of hydrogen-bond donors (Lipinski definition) is 1. The van der Waals surface area contributed by atoms with Gasteiger partial charge in [-0.25, -0.2) is 13.6 Å². The molecule has 1 fully saturated rings. The van der Waals surface area contributed by atoms with Crippen molar-refractivity contribution in [3.8, 4) is 0 Å². The number of hydrogen-bond acceptors (Lipinski definition) is 3. The molecular weight excluding hydrogens is 292 g/mol. The summed E-state index contributed by atoms with van der Waals surface area (Å²) in [6.45, 7) is 1.76. The van der Waals surface area contributed by atoms with Crippen LogP contribution in [-0.4, -0.2) is 21.5 Å². The summed E-state index contributed by atoms with van der Waals surface area (Å²) in [6, 6.07) is 5.07. The summed E-state index contributed by atoms with van der Waals surface area (Å²) < 4.78 is 23.8. The Morgan fingerprint density at radius 2 is 1.88 bits per heavy atom. The molecule has 6 heteroatoms. The van der Waals surface area contributed by atoms with Crippen LogP contribution >= 0.6 is 15.9 Å². The van der Waals surface area contributed by atoms with Crippen molar-refractivity contribution in [1.29, 1.82) is 0 Å². The number of benzene rings is 1. The van der Waals surface area contributed by atoms with E-state index in [2.05, 4.69) is 20.8 Å². The lowest BCUT2D eigenvalue weighted by Crippen LogP contribution is -2.23. The molecule has 0 aliphatic carbocycles. The van der Waals surface area contributed by atoms with Crippen molar-refractivity contribution < 1.29 is 8.42 Å². The van der Waals surface area contributed by atoms with Crippen LogP contribution in [0.3, 0.4) is 0 Å². The highest BCUT2D eigenvalue weighted by Crippen LogP contribution is 2.34.